The maximum Gasteiger partial charge on any atom is 0.0464 e. The Labute approximate surface area is 309 Å². The second-order valence-electron chi connectivity index (χ2n) is 12.9. The van der Waals surface area contributed by atoms with E-state index in [4.69, 9.17) is 0 Å². The Balaban J connectivity index is 1.25. The summed E-state index contributed by atoms with van der Waals surface area (Å²) in [5.41, 5.74) is 14.4. The zero-order valence-corrected chi connectivity index (χ0v) is 29.5. The summed E-state index contributed by atoms with van der Waals surface area (Å²) in [6, 6.07) is 60.6. The highest BCUT2D eigenvalue weighted by molar-refractivity contribution is 6.05. The average Bonchev–Trinajstić information content (AvgIpc) is 3.47. The molecule has 6 aromatic rings. The smallest absolute Gasteiger partial charge is 0.0464 e. The molecule has 0 radical (unpaired) electrons. The van der Waals surface area contributed by atoms with Crippen molar-refractivity contribution in [2.24, 2.45) is 0 Å². The number of nitrogens with zero attached hydrogens (tertiary/aromatic N) is 1. The van der Waals surface area contributed by atoms with Gasteiger partial charge in [0, 0.05) is 23.5 Å². The third-order valence-corrected chi connectivity index (χ3v) is 9.37. The van der Waals surface area contributed by atoms with Gasteiger partial charge in [0.25, 0.3) is 0 Å². The van der Waals surface area contributed by atoms with Crippen LogP contribution < -0.4 is 4.90 Å². The molecule has 0 fully saturated rings. The Bertz CT molecular complexity index is 2240. The van der Waals surface area contributed by atoms with Crippen molar-refractivity contribution in [1.29, 1.82) is 0 Å². The van der Waals surface area contributed by atoms with Gasteiger partial charge in [0.2, 0.25) is 0 Å². The molecular weight excluding hydrogens is 627 g/mol. The topological polar surface area (TPSA) is 3.24 Å². The Morgan fingerprint density at radius 3 is 1.75 bits per heavy atom. The van der Waals surface area contributed by atoms with Gasteiger partial charge in [0.15, 0.2) is 0 Å². The highest BCUT2D eigenvalue weighted by Crippen LogP contribution is 2.37. The van der Waals surface area contributed by atoms with Crippen LogP contribution in [-0.2, 0) is 6.42 Å². The third-order valence-electron chi connectivity index (χ3n) is 9.37. The molecule has 52 heavy (non-hydrogen) atoms. The fourth-order valence-corrected chi connectivity index (χ4v) is 6.75. The van der Waals surface area contributed by atoms with Crippen molar-refractivity contribution in [2.45, 2.75) is 19.3 Å². The lowest BCUT2D eigenvalue weighted by Crippen LogP contribution is -2.16. The highest BCUT2D eigenvalue weighted by Gasteiger charge is 2.17. The zero-order valence-electron chi connectivity index (χ0n) is 29.5. The van der Waals surface area contributed by atoms with Crippen LogP contribution in [0.1, 0.15) is 35.1 Å². The van der Waals surface area contributed by atoms with E-state index >= 15 is 0 Å². The summed E-state index contributed by atoms with van der Waals surface area (Å²) >= 11 is 0. The van der Waals surface area contributed by atoms with Crippen LogP contribution in [-0.4, -0.2) is 0 Å². The van der Waals surface area contributed by atoms with E-state index in [-0.39, 0.29) is 0 Å². The molecule has 0 amide bonds. The lowest BCUT2D eigenvalue weighted by Gasteiger charge is -2.28. The van der Waals surface area contributed by atoms with Crippen molar-refractivity contribution in [2.75, 3.05) is 4.90 Å². The first-order chi connectivity index (χ1) is 25.8. The van der Waals surface area contributed by atoms with Crippen LogP contribution in [0.2, 0.25) is 0 Å². The molecule has 1 heteroatoms. The number of benzene rings is 6. The second kappa shape index (κ2) is 17.0. The minimum Gasteiger partial charge on any atom is -0.314 e. The molecule has 0 atom stereocenters. The van der Waals surface area contributed by atoms with Gasteiger partial charge in [-0.2, -0.15) is 0 Å². The van der Waals surface area contributed by atoms with Gasteiger partial charge in [-0.1, -0.05) is 182 Å². The standard InChI is InChI=1S/C51H43N/c1-2-3-30-50(44-22-12-6-13-23-44)51(45-24-14-7-15-25-45)38-33-40-31-35-48(36-32-40)52(49-29-17-27-46(39-49)42-20-10-5-11-21-42)47-28-16-26-43(34-37-47)41-18-8-4-9-19-41/h2,4-27,29-32,34-39H,1,3,28,33H2/b50-30-,51-38-. The van der Waals surface area contributed by atoms with Gasteiger partial charge in [-0.25, -0.2) is 0 Å². The van der Waals surface area contributed by atoms with E-state index in [0.717, 1.165) is 30.6 Å². The van der Waals surface area contributed by atoms with Gasteiger partial charge in [0.1, 0.15) is 0 Å². The Kier molecular flexibility index (Phi) is 11.1. The van der Waals surface area contributed by atoms with Crippen LogP contribution >= 0.6 is 0 Å². The molecule has 1 aliphatic carbocycles. The molecule has 0 spiro atoms. The summed E-state index contributed by atoms with van der Waals surface area (Å²) in [6.07, 6.45) is 18.1. The molecule has 0 saturated carbocycles. The van der Waals surface area contributed by atoms with E-state index < -0.39 is 0 Å². The summed E-state index contributed by atoms with van der Waals surface area (Å²) < 4.78 is 0. The van der Waals surface area contributed by atoms with Crippen LogP contribution in [0, 0.1) is 0 Å². The highest BCUT2D eigenvalue weighted by atomic mass is 15.1. The normalized spacial score (nSPS) is 13.2. The van der Waals surface area contributed by atoms with Gasteiger partial charge in [-0.3, -0.25) is 0 Å². The van der Waals surface area contributed by atoms with Crippen LogP contribution in [0.15, 0.2) is 225 Å². The number of hydrogen-bond acceptors (Lipinski definition) is 1. The zero-order chi connectivity index (χ0) is 35.4. The second-order valence-corrected chi connectivity index (χ2v) is 12.9. The van der Waals surface area contributed by atoms with Crippen LogP contribution in [0.5, 0.6) is 0 Å². The lowest BCUT2D eigenvalue weighted by atomic mass is 9.90. The SMILES string of the molecule is C=CC/C=C(\C(=C/Cc1ccc(N(C2=CC=C(c3ccccc3)C=CC2)c2cccc(-c3ccccc3)c2)cc1)c1ccccc1)c1ccccc1. The minimum absolute atomic E-state index is 0.803. The first-order valence-corrected chi connectivity index (χ1v) is 18.1. The Hall–Kier alpha value is -6.44. The fourth-order valence-electron chi connectivity index (χ4n) is 6.75. The molecule has 6 aromatic carbocycles. The largest absolute Gasteiger partial charge is 0.314 e. The van der Waals surface area contributed by atoms with Gasteiger partial charge in [-0.05, 0) is 93.3 Å². The molecule has 0 unspecified atom stereocenters. The third kappa shape index (κ3) is 8.29. The Morgan fingerprint density at radius 1 is 0.538 bits per heavy atom. The first-order valence-electron chi connectivity index (χ1n) is 18.1. The van der Waals surface area contributed by atoms with Crippen molar-refractivity contribution in [1.82, 2.24) is 0 Å². The van der Waals surface area contributed by atoms with E-state index in [2.05, 4.69) is 218 Å². The summed E-state index contributed by atoms with van der Waals surface area (Å²) in [7, 11) is 0. The first kappa shape index (κ1) is 34.0. The fraction of sp³-hybridized carbons (Fsp3) is 0.0588. The molecule has 252 valence electrons. The minimum atomic E-state index is 0.803. The average molecular weight is 670 g/mol. The predicted octanol–water partition coefficient (Wildman–Crippen LogP) is 13.7. The van der Waals surface area contributed by atoms with Gasteiger partial charge in [-0.15, -0.1) is 6.58 Å². The number of allylic oxidation sites excluding steroid dienone is 10. The molecule has 0 aliphatic heterocycles. The van der Waals surface area contributed by atoms with Gasteiger partial charge < -0.3 is 4.90 Å². The number of rotatable bonds is 12. The lowest BCUT2D eigenvalue weighted by molar-refractivity contribution is 1.08. The quantitative estimate of drug-likeness (QED) is 0.0926. The van der Waals surface area contributed by atoms with Crippen molar-refractivity contribution in [3.05, 3.63) is 247 Å². The summed E-state index contributed by atoms with van der Waals surface area (Å²) in [5.74, 6) is 0. The van der Waals surface area contributed by atoms with Crippen molar-refractivity contribution < 1.29 is 0 Å². The summed E-state index contributed by atoms with van der Waals surface area (Å²) in [5, 5.41) is 0. The van der Waals surface area contributed by atoms with E-state index in [0.29, 0.717) is 0 Å². The van der Waals surface area contributed by atoms with Crippen molar-refractivity contribution in [3.8, 4) is 11.1 Å². The predicted molar refractivity (Wildman–Crippen MR) is 224 cm³/mol. The van der Waals surface area contributed by atoms with Crippen molar-refractivity contribution >= 4 is 28.1 Å². The monoisotopic (exact) mass is 669 g/mol. The molecule has 0 bridgehead atoms. The van der Waals surface area contributed by atoms with Crippen molar-refractivity contribution in [3.63, 3.8) is 0 Å². The Morgan fingerprint density at radius 2 is 1.12 bits per heavy atom. The summed E-state index contributed by atoms with van der Waals surface area (Å²) in [6.45, 7) is 3.99. The molecule has 1 nitrogen and oxygen atoms in total. The van der Waals surface area contributed by atoms with E-state index in [1.54, 1.807) is 0 Å². The summed E-state index contributed by atoms with van der Waals surface area (Å²) in [4.78, 5) is 2.40. The molecule has 0 N–H and O–H groups in total. The number of anilines is 2. The molecule has 1 aliphatic rings. The molecule has 7 rings (SSSR count). The maximum atomic E-state index is 3.99. The molecule has 0 saturated heterocycles. The molecule has 0 heterocycles. The number of hydrogen-bond donors (Lipinski definition) is 0. The van der Waals surface area contributed by atoms with Crippen LogP contribution in [0.3, 0.4) is 0 Å². The van der Waals surface area contributed by atoms with Gasteiger partial charge >= 0.3 is 0 Å². The van der Waals surface area contributed by atoms with Crippen LogP contribution in [0.25, 0.3) is 27.8 Å². The van der Waals surface area contributed by atoms with E-state index in [9.17, 15) is 0 Å². The van der Waals surface area contributed by atoms with E-state index in [1.807, 2.05) is 6.08 Å². The van der Waals surface area contributed by atoms with Crippen LogP contribution in [0.4, 0.5) is 11.4 Å². The maximum absolute atomic E-state index is 3.99. The van der Waals surface area contributed by atoms with Gasteiger partial charge in [0.05, 0.1) is 0 Å². The molecule has 0 aromatic heterocycles. The van der Waals surface area contributed by atoms with E-state index in [1.165, 1.54) is 55.8 Å². The molecular formula is C51H43N.